The topological polar surface area (TPSA) is 107 Å². The Kier molecular flexibility index (Phi) is 4.07. The third-order valence-corrected chi connectivity index (χ3v) is 5.09. The van der Waals surface area contributed by atoms with Gasteiger partial charge in [0.05, 0.1) is 35.3 Å². The van der Waals surface area contributed by atoms with Gasteiger partial charge in [-0.25, -0.2) is 9.78 Å². The molecule has 28 heavy (non-hydrogen) atoms. The highest BCUT2D eigenvalue weighted by Gasteiger charge is 2.16. The van der Waals surface area contributed by atoms with Gasteiger partial charge >= 0.3 is 5.97 Å². The molecular weight excluding hydrogens is 358 g/mol. The van der Waals surface area contributed by atoms with E-state index in [4.69, 9.17) is 4.74 Å². The SMILES string of the molecule is O=C(O)c1ccc2[nH]nc(-c3nc4ccc(CN5CCOCC5)cc4[nH]3)c2c1. The standard InChI is InChI=1S/C20H19N5O3/c26-20(27)13-2-4-15-14(10-13)18(24-23-15)19-21-16-3-1-12(9-17(16)22-19)11-25-5-7-28-8-6-25/h1-4,9-10H,5-8,11H2,(H,21,22)(H,23,24)(H,26,27). The lowest BCUT2D eigenvalue weighted by atomic mass is 10.1. The summed E-state index contributed by atoms with van der Waals surface area (Å²) in [6.45, 7) is 4.32. The molecule has 1 saturated heterocycles. The van der Waals surface area contributed by atoms with Crippen LogP contribution in [0.2, 0.25) is 0 Å². The molecule has 0 spiro atoms. The van der Waals surface area contributed by atoms with E-state index in [0.29, 0.717) is 11.5 Å². The van der Waals surface area contributed by atoms with Gasteiger partial charge in [0.15, 0.2) is 5.82 Å². The smallest absolute Gasteiger partial charge is 0.335 e. The van der Waals surface area contributed by atoms with Crippen LogP contribution in [0.4, 0.5) is 0 Å². The molecule has 0 saturated carbocycles. The first kappa shape index (κ1) is 16.9. The Morgan fingerprint density at radius 3 is 2.82 bits per heavy atom. The number of H-pyrrole nitrogens is 2. The lowest BCUT2D eigenvalue weighted by Crippen LogP contribution is -2.35. The molecule has 4 aromatic rings. The molecule has 3 heterocycles. The quantitative estimate of drug-likeness (QED) is 0.505. The van der Waals surface area contributed by atoms with Crippen molar-refractivity contribution in [1.82, 2.24) is 25.1 Å². The van der Waals surface area contributed by atoms with Gasteiger partial charge in [-0.15, -0.1) is 0 Å². The molecule has 0 aliphatic carbocycles. The minimum atomic E-state index is -0.966. The van der Waals surface area contributed by atoms with Gasteiger partial charge in [-0.05, 0) is 35.9 Å². The third-order valence-electron chi connectivity index (χ3n) is 5.09. The molecule has 8 nitrogen and oxygen atoms in total. The number of carboxylic acids is 1. The van der Waals surface area contributed by atoms with Crippen LogP contribution in [0.25, 0.3) is 33.5 Å². The van der Waals surface area contributed by atoms with E-state index in [2.05, 4.69) is 37.2 Å². The summed E-state index contributed by atoms with van der Waals surface area (Å²) in [7, 11) is 0. The highest BCUT2D eigenvalue weighted by Crippen LogP contribution is 2.27. The average Bonchev–Trinajstić information content (AvgIpc) is 3.31. The minimum absolute atomic E-state index is 0.221. The number of ether oxygens (including phenoxy) is 1. The fourth-order valence-corrected chi connectivity index (χ4v) is 3.61. The second-order valence-corrected chi connectivity index (χ2v) is 6.96. The van der Waals surface area contributed by atoms with Crippen molar-refractivity contribution in [3.05, 3.63) is 47.5 Å². The number of aromatic nitrogens is 4. The summed E-state index contributed by atoms with van der Waals surface area (Å²) in [6.07, 6.45) is 0. The highest BCUT2D eigenvalue weighted by molar-refractivity contribution is 5.98. The molecule has 142 valence electrons. The van der Waals surface area contributed by atoms with Crippen LogP contribution in [-0.4, -0.2) is 62.4 Å². The minimum Gasteiger partial charge on any atom is -0.478 e. The number of carboxylic acid groups (broad SMARTS) is 1. The summed E-state index contributed by atoms with van der Waals surface area (Å²) in [4.78, 5) is 21.6. The van der Waals surface area contributed by atoms with Gasteiger partial charge in [0.1, 0.15) is 5.69 Å². The van der Waals surface area contributed by atoms with E-state index in [0.717, 1.165) is 54.8 Å². The summed E-state index contributed by atoms with van der Waals surface area (Å²) in [5.74, 6) is -0.348. The normalized spacial score (nSPS) is 15.4. The number of benzene rings is 2. The molecule has 2 aromatic heterocycles. The molecule has 0 atom stereocenters. The largest absolute Gasteiger partial charge is 0.478 e. The number of aromatic carboxylic acids is 1. The first-order chi connectivity index (χ1) is 13.7. The van der Waals surface area contributed by atoms with Gasteiger partial charge in [0.25, 0.3) is 0 Å². The van der Waals surface area contributed by atoms with Gasteiger partial charge < -0.3 is 14.8 Å². The number of aromatic amines is 2. The molecule has 8 heteroatoms. The van der Waals surface area contributed by atoms with Crippen molar-refractivity contribution in [2.75, 3.05) is 26.3 Å². The fraction of sp³-hybridized carbons (Fsp3) is 0.250. The molecule has 3 N–H and O–H groups in total. The number of nitrogens with zero attached hydrogens (tertiary/aromatic N) is 3. The first-order valence-corrected chi connectivity index (χ1v) is 9.18. The number of carbonyl (C=O) groups is 1. The number of imidazole rings is 1. The Bertz CT molecular complexity index is 1170. The molecule has 0 bridgehead atoms. The van der Waals surface area contributed by atoms with E-state index in [9.17, 15) is 9.90 Å². The second-order valence-electron chi connectivity index (χ2n) is 6.96. The van der Waals surface area contributed by atoms with Crippen LogP contribution in [0.1, 0.15) is 15.9 Å². The van der Waals surface area contributed by atoms with Gasteiger partial charge in [-0.3, -0.25) is 10.00 Å². The maximum Gasteiger partial charge on any atom is 0.335 e. The van der Waals surface area contributed by atoms with E-state index in [1.807, 2.05) is 6.07 Å². The van der Waals surface area contributed by atoms with E-state index < -0.39 is 5.97 Å². The highest BCUT2D eigenvalue weighted by atomic mass is 16.5. The molecule has 0 radical (unpaired) electrons. The van der Waals surface area contributed by atoms with Crippen LogP contribution >= 0.6 is 0 Å². The maximum atomic E-state index is 11.3. The Hall–Kier alpha value is -3.23. The van der Waals surface area contributed by atoms with Gasteiger partial charge in [0, 0.05) is 25.0 Å². The van der Waals surface area contributed by atoms with E-state index >= 15 is 0 Å². The molecule has 1 aliphatic rings. The summed E-state index contributed by atoms with van der Waals surface area (Å²) in [6, 6.07) is 11.1. The van der Waals surface area contributed by atoms with Crippen LogP contribution in [0, 0.1) is 0 Å². The first-order valence-electron chi connectivity index (χ1n) is 9.18. The van der Waals surface area contributed by atoms with Gasteiger partial charge in [-0.1, -0.05) is 6.07 Å². The van der Waals surface area contributed by atoms with Gasteiger partial charge in [-0.2, -0.15) is 5.10 Å². The zero-order chi connectivity index (χ0) is 19.1. The van der Waals surface area contributed by atoms with Crippen LogP contribution in [-0.2, 0) is 11.3 Å². The van der Waals surface area contributed by atoms with Crippen molar-refractivity contribution in [1.29, 1.82) is 0 Å². The molecule has 1 aliphatic heterocycles. The molecule has 0 amide bonds. The van der Waals surface area contributed by atoms with Crippen molar-refractivity contribution < 1.29 is 14.6 Å². The van der Waals surface area contributed by atoms with Crippen molar-refractivity contribution in [2.45, 2.75) is 6.54 Å². The number of hydrogen-bond donors (Lipinski definition) is 3. The summed E-state index contributed by atoms with van der Waals surface area (Å²) in [5.41, 5.74) is 4.61. The monoisotopic (exact) mass is 377 g/mol. The Morgan fingerprint density at radius 1 is 1.14 bits per heavy atom. The zero-order valence-electron chi connectivity index (χ0n) is 15.1. The number of fused-ring (bicyclic) bond motifs is 2. The molecule has 2 aromatic carbocycles. The van der Waals surface area contributed by atoms with Crippen LogP contribution in [0.15, 0.2) is 36.4 Å². The van der Waals surface area contributed by atoms with Crippen LogP contribution in [0.3, 0.4) is 0 Å². The Labute approximate surface area is 160 Å². The second kappa shape index (κ2) is 6.74. The van der Waals surface area contributed by atoms with Crippen molar-refractivity contribution in [3.8, 4) is 11.5 Å². The Morgan fingerprint density at radius 2 is 2.00 bits per heavy atom. The summed E-state index contributed by atoms with van der Waals surface area (Å²) in [5, 5.41) is 17.3. The number of hydrogen-bond acceptors (Lipinski definition) is 5. The van der Waals surface area contributed by atoms with Crippen LogP contribution in [0.5, 0.6) is 0 Å². The van der Waals surface area contributed by atoms with E-state index in [-0.39, 0.29) is 5.56 Å². The predicted molar refractivity (Wildman–Crippen MR) is 104 cm³/mol. The van der Waals surface area contributed by atoms with Crippen molar-refractivity contribution in [3.63, 3.8) is 0 Å². The van der Waals surface area contributed by atoms with E-state index in [1.165, 1.54) is 5.56 Å². The average molecular weight is 377 g/mol. The van der Waals surface area contributed by atoms with Crippen molar-refractivity contribution >= 4 is 27.9 Å². The lowest BCUT2D eigenvalue weighted by Gasteiger charge is -2.26. The molecular formula is C20H19N5O3. The third kappa shape index (κ3) is 3.02. The Balaban J connectivity index is 1.50. The van der Waals surface area contributed by atoms with Crippen molar-refractivity contribution in [2.24, 2.45) is 0 Å². The van der Waals surface area contributed by atoms with Gasteiger partial charge in [0.2, 0.25) is 0 Å². The number of morpholine rings is 1. The number of nitrogens with one attached hydrogen (secondary N) is 2. The van der Waals surface area contributed by atoms with E-state index in [1.54, 1.807) is 18.2 Å². The van der Waals surface area contributed by atoms with Crippen LogP contribution < -0.4 is 0 Å². The maximum absolute atomic E-state index is 11.3. The predicted octanol–water partition coefficient (Wildman–Crippen LogP) is 2.64. The lowest BCUT2D eigenvalue weighted by molar-refractivity contribution is 0.0342. The zero-order valence-corrected chi connectivity index (χ0v) is 15.1. The summed E-state index contributed by atoms with van der Waals surface area (Å²) >= 11 is 0. The summed E-state index contributed by atoms with van der Waals surface area (Å²) < 4.78 is 5.41. The number of rotatable bonds is 4. The fourth-order valence-electron chi connectivity index (χ4n) is 3.61. The molecule has 1 fully saturated rings. The molecule has 5 rings (SSSR count). The molecule has 0 unspecified atom stereocenters.